The molecule has 2 aromatic heterocycles. The van der Waals surface area contributed by atoms with E-state index in [-0.39, 0.29) is 0 Å². The minimum atomic E-state index is 0.332. The summed E-state index contributed by atoms with van der Waals surface area (Å²) in [5.41, 5.74) is 2.44. The Kier molecular flexibility index (Phi) is 4.34. The van der Waals surface area contributed by atoms with Crippen LogP contribution in [-0.4, -0.2) is 33.2 Å². The summed E-state index contributed by atoms with van der Waals surface area (Å²) in [6, 6.07) is 14.3. The topological polar surface area (TPSA) is 55.1 Å². The van der Waals surface area contributed by atoms with E-state index in [4.69, 9.17) is 4.42 Å². The predicted molar refractivity (Wildman–Crippen MR) is 90.4 cm³/mol. The molecular weight excluding hydrogens is 300 g/mol. The molecule has 1 aromatic carbocycles. The number of benzene rings is 1. The monoisotopic (exact) mass is 320 g/mol. The van der Waals surface area contributed by atoms with Gasteiger partial charge in [-0.05, 0) is 30.2 Å². The average Bonchev–Trinajstić information content (AvgIpc) is 3.26. The Morgan fingerprint density at radius 1 is 1.04 bits per heavy atom. The van der Waals surface area contributed by atoms with E-state index in [0.29, 0.717) is 18.2 Å². The lowest BCUT2D eigenvalue weighted by atomic mass is 10.1. The van der Waals surface area contributed by atoms with E-state index >= 15 is 0 Å². The molecule has 122 valence electrons. The fourth-order valence-corrected chi connectivity index (χ4v) is 3.20. The quantitative estimate of drug-likeness (QED) is 0.723. The first-order valence-corrected chi connectivity index (χ1v) is 8.34. The van der Waals surface area contributed by atoms with E-state index < -0.39 is 0 Å². The summed E-state index contributed by atoms with van der Waals surface area (Å²) in [7, 11) is 0. The molecule has 3 heterocycles. The van der Waals surface area contributed by atoms with Gasteiger partial charge in [0, 0.05) is 25.5 Å². The van der Waals surface area contributed by atoms with Crippen molar-refractivity contribution in [2.45, 2.75) is 25.3 Å². The highest BCUT2D eigenvalue weighted by Gasteiger charge is 2.28. The molecule has 0 amide bonds. The highest BCUT2D eigenvalue weighted by Crippen LogP contribution is 2.27. The molecule has 1 unspecified atom stereocenters. The fraction of sp³-hybridized carbons (Fsp3) is 0.316. The molecule has 0 saturated carbocycles. The SMILES string of the molecule is c1ccc(Cc2nnc(C3CCN(Cc4cccnc4)C3)o2)cc1. The maximum atomic E-state index is 5.91. The summed E-state index contributed by atoms with van der Waals surface area (Å²) in [6.07, 6.45) is 5.49. The van der Waals surface area contributed by atoms with Gasteiger partial charge in [-0.25, -0.2) is 0 Å². The van der Waals surface area contributed by atoms with Gasteiger partial charge in [-0.3, -0.25) is 9.88 Å². The van der Waals surface area contributed by atoms with Crippen molar-refractivity contribution >= 4 is 0 Å². The molecule has 0 aliphatic carbocycles. The molecule has 1 atom stereocenters. The van der Waals surface area contributed by atoms with Crippen LogP contribution in [0.25, 0.3) is 0 Å². The summed E-state index contributed by atoms with van der Waals surface area (Å²) in [6.45, 7) is 2.94. The van der Waals surface area contributed by atoms with Gasteiger partial charge in [0.25, 0.3) is 0 Å². The van der Waals surface area contributed by atoms with E-state index in [1.807, 2.05) is 36.7 Å². The van der Waals surface area contributed by atoms with Crippen molar-refractivity contribution in [1.29, 1.82) is 0 Å². The van der Waals surface area contributed by atoms with Crippen LogP contribution in [0.2, 0.25) is 0 Å². The first kappa shape index (κ1) is 15.0. The van der Waals surface area contributed by atoms with Crippen molar-refractivity contribution in [3.05, 3.63) is 77.8 Å². The third kappa shape index (κ3) is 3.51. The molecule has 5 nitrogen and oxygen atoms in total. The Hall–Kier alpha value is -2.53. The summed E-state index contributed by atoms with van der Waals surface area (Å²) >= 11 is 0. The van der Waals surface area contributed by atoms with Crippen molar-refractivity contribution in [2.24, 2.45) is 0 Å². The van der Waals surface area contributed by atoms with E-state index in [1.54, 1.807) is 0 Å². The van der Waals surface area contributed by atoms with E-state index in [0.717, 1.165) is 31.9 Å². The molecule has 0 N–H and O–H groups in total. The van der Waals surface area contributed by atoms with Gasteiger partial charge in [0.15, 0.2) is 0 Å². The Bertz CT molecular complexity index is 772. The lowest BCUT2D eigenvalue weighted by Crippen LogP contribution is -2.19. The molecule has 1 saturated heterocycles. The normalized spacial score (nSPS) is 18.1. The predicted octanol–water partition coefficient (Wildman–Crippen LogP) is 3.04. The maximum Gasteiger partial charge on any atom is 0.220 e. The van der Waals surface area contributed by atoms with Crippen LogP contribution in [0.1, 0.15) is 35.2 Å². The van der Waals surface area contributed by atoms with E-state index in [1.165, 1.54) is 11.1 Å². The zero-order valence-electron chi connectivity index (χ0n) is 13.5. The van der Waals surface area contributed by atoms with Crippen molar-refractivity contribution in [3.8, 4) is 0 Å². The van der Waals surface area contributed by atoms with Gasteiger partial charge in [0.1, 0.15) is 0 Å². The molecule has 0 radical (unpaired) electrons. The highest BCUT2D eigenvalue weighted by atomic mass is 16.4. The smallest absolute Gasteiger partial charge is 0.220 e. The molecule has 24 heavy (non-hydrogen) atoms. The molecule has 4 rings (SSSR count). The van der Waals surface area contributed by atoms with Crippen molar-refractivity contribution in [1.82, 2.24) is 20.1 Å². The van der Waals surface area contributed by atoms with Crippen molar-refractivity contribution < 1.29 is 4.42 Å². The average molecular weight is 320 g/mol. The lowest BCUT2D eigenvalue weighted by molar-refractivity contribution is 0.318. The Morgan fingerprint density at radius 3 is 2.75 bits per heavy atom. The standard InChI is InChI=1S/C19H20N4O/c1-2-5-15(6-3-1)11-18-21-22-19(24-18)17-8-10-23(14-17)13-16-7-4-9-20-12-16/h1-7,9,12,17H,8,10-11,13-14H2. The van der Waals surface area contributed by atoms with Crippen LogP contribution >= 0.6 is 0 Å². The summed E-state index contributed by atoms with van der Waals surface area (Å²) in [5, 5.41) is 8.50. The van der Waals surface area contributed by atoms with Crippen LogP contribution in [0.4, 0.5) is 0 Å². The molecule has 1 aliphatic rings. The third-order valence-corrected chi connectivity index (χ3v) is 4.43. The summed E-state index contributed by atoms with van der Waals surface area (Å²) in [4.78, 5) is 6.60. The van der Waals surface area contributed by atoms with Gasteiger partial charge in [0.2, 0.25) is 11.8 Å². The highest BCUT2D eigenvalue weighted by molar-refractivity contribution is 5.18. The lowest BCUT2D eigenvalue weighted by Gasteiger charge is -2.14. The molecule has 1 fully saturated rings. The minimum absolute atomic E-state index is 0.332. The zero-order valence-corrected chi connectivity index (χ0v) is 13.5. The van der Waals surface area contributed by atoms with Crippen molar-refractivity contribution in [2.75, 3.05) is 13.1 Å². The minimum Gasteiger partial charge on any atom is -0.425 e. The molecule has 1 aliphatic heterocycles. The number of hydrogen-bond donors (Lipinski definition) is 0. The van der Waals surface area contributed by atoms with E-state index in [2.05, 4.69) is 38.3 Å². The maximum absolute atomic E-state index is 5.91. The van der Waals surface area contributed by atoms with Crippen LogP contribution in [0.3, 0.4) is 0 Å². The Morgan fingerprint density at radius 2 is 1.92 bits per heavy atom. The molecule has 0 spiro atoms. The number of rotatable bonds is 5. The van der Waals surface area contributed by atoms with Crippen LogP contribution in [0.5, 0.6) is 0 Å². The zero-order chi connectivity index (χ0) is 16.2. The number of nitrogens with zero attached hydrogens (tertiary/aromatic N) is 4. The summed E-state index contributed by atoms with van der Waals surface area (Å²) in [5.74, 6) is 1.80. The second-order valence-corrected chi connectivity index (χ2v) is 6.28. The van der Waals surface area contributed by atoms with Gasteiger partial charge in [-0.1, -0.05) is 36.4 Å². The van der Waals surface area contributed by atoms with Crippen molar-refractivity contribution in [3.63, 3.8) is 0 Å². The van der Waals surface area contributed by atoms with Gasteiger partial charge in [0.05, 0.1) is 12.3 Å². The third-order valence-electron chi connectivity index (χ3n) is 4.43. The van der Waals surface area contributed by atoms with Gasteiger partial charge >= 0.3 is 0 Å². The van der Waals surface area contributed by atoms with Crippen LogP contribution in [0.15, 0.2) is 59.3 Å². The van der Waals surface area contributed by atoms with Gasteiger partial charge in [-0.15, -0.1) is 10.2 Å². The number of hydrogen-bond acceptors (Lipinski definition) is 5. The first-order chi connectivity index (χ1) is 11.9. The first-order valence-electron chi connectivity index (χ1n) is 8.34. The Balaban J connectivity index is 1.37. The van der Waals surface area contributed by atoms with Crippen LogP contribution in [-0.2, 0) is 13.0 Å². The van der Waals surface area contributed by atoms with Crippen LogP contribution < -0.4 is 0 Å². The second-order valence-electron chi connectivity index (χ2n) is 6.28. The molecular formula is C19H20N4O. The van der Waals surface area contributed by atoms with Gasteiger partial charge in [-0.2, -0.15) is 0 Å². The number of pyridine rings is 1. The number of aromatic nitrogens is 3. The molecule has 3 aromatic rings. The summed E-state index contributed by atoms with van der Waals surface area (Å²) < 4.78 is 5.91. The van der Waals surface area contributed by atoms with Crippen LogP contribution in [0, 0.1) is 0 Å². The molecule has 5 heteroatoms. The molecule has 0 bridgehead atoms. The number of likely N-dealkylation sites (tertiary alicyclic amines) is 1. The fourth-order valence-electron chi connectivity index (χ4n) is 3.20. The van der Waals surface area contributed by atoms with Gasteiger partial charge < -0.3 is 4.42 Å². The largest absolute Gasteiger partial charge is 0.425 e. The Labute approximate surface area is 141 Å². The van der Waals surface area contributed by atoms with E-state index in [9.17, 15) is 0 Å². The second kappa shape index (κ2) is 6.93.